The molecule has 1 unspecified atom stereocenters. The van der Waals surface area contributed by atoms with E-state index in [0.717, 1.165) is 37.7 Å². The van der Waals surface area contributed by atoms with Crippen LogP contribution in [0.2, 0.25) is 0 Å². The maximum Gasteiger partial charge on any atom is 0.124 e. The van der Waals surface area contributed by atoms with Gasteiger partial charge >= 0.3 is 0 Å². The summed E-state index contributed by atoms with van der Waals surface area (Å²) in [6, 6.07) is 2.60. The lowest BCUT2D eigenvalue weighted by Crippen LogP contribution is -2.36. The molecule has 1 aliphatic carbocycles. The maximum absolute atomic E-state index is 5.00. The van der Waals surface area contributed by atoms with Crippen LogP contribution in [-0.4, -0.2) is 38.7 Å². The fraction of sp³-hybridized carbons (Fsp3) is 0.625. The summed E-state index contributed by atoms with van der Waals surface area (Å²) in [5.41, 5.74) is 1.52. The van der Waals surface area contributed by atoms with Crippen molar-refractivity contribution in [1.82, 2.24) is 24.9 Å². The first kappa shape index (κ1) is 14.0. The van der Waals surface area contributed by atoms with Crippen molar-refractivity contribution in [2.24, 2.45) is 12.5 Å². The number of nitrogens with zero attached hydrogens (tertiary/aromatic N) is 4. The molecule has 3 heterocycles. The number of aryl methyl sites for hydroxylation is 1. The lowest BCUT2D eigenvalue weighted by molar-refractivity contribution is 0.178. The molecule has 2 aromatic heterocycles. The highest BCUT2D eigenvalue weighted by atomic mass is 16.5. The molecule has 1 N–H and O–H groups in total. The second kappa shape index (κ2) is 5.52. The number of rotatable bonds is 5. The van der Waals surface area contributed by atoms with Gasteiger partial charge in [0.1, 0.15) is 12.1 Å². The van der Waals surface area contributed by atoms with Gasteiger partial charge in [-0.1, -0.05) is 5.16 Å². The third-order valence-electron chi connectivity index (χ3n) is 5.31. The topological polar surface area (TPSA) is 59.1 Å². The summed E-state index contributed by atoms with van der Waals surface area (Å²) in [7, 11) is 2.06. The highest BCUT2D eigenvalue weighted by Crippen LogP contribution is 2.56. The number of piperidine rings is 1. The van der Waals surface area contributed by atoms with Crippen LogP contribution < -0.4 is 5.32 Å². The van der Waals surface area contributed by atoms with Gasteiger partial charge in [0.05, 0.1) is 12.2 Å². The number of hydrogen-bond donors (Lipinski definition) is 1. The van der Waals surface area contributed by atoms with Gasteiger partial charge in [-0.15, -0.1) is 0 Å². The van der Waals surface area contributed by atoms with Gasteiger partial charge in [-0.25, -0.2) is 4.98 Å². The van der Waals surface area contributed by atoms with E-state index in [0.29, 0.717) is 11.5 Å². The Morgan fingerprint density at radius 3 is 2.95 bits per heavy atom. The molecule has 0 aromatic carbocycles. The summed E-state index contributed by atoms with van der Waals surface area (Å²) in [6.45, 7) is 4.01. The molecule has 2 fully saturated rings. The van der Waals surface area contributed by atoms with Crippen LogP contribution in [0.5, 0.6) is 0 Å². The molecule has 1 spiro atoms. The van der Waals surface area contributed by atoms with Crippen LogP contribution in [-0.2, 0) is 20.1 Å². The molecule has 2 aliphatic rings. The summed E-state index contributed by atoms with van der Waals surface area (Å²) in [5.74, 6) is 1.11. The predicted octanol–water partition coefficient (Wildman–Crippen LogP) is 1.55. The first-order valence-corrected chi connectivity index (χ1v) is 8.07. The molecular weight excluding hydrogens is 278 g/mol. The Bertz CT molecular complexity index is 614. The average Bonchev–Trinajstić information content (AvgIpc) is 2.90. The SMILES string of the molecule is Cn1ccnc1CN(Cc1ccon1)C1CC12CCNCC2. The molecule has 1 aliphatic heterocycles. The highest BCUT2D eigenvalue weighted by Gasteiger charge is 2.56. The first-order chi connectivity index (χ1) is 10.8. The fourth-order valence-electron chi connectivity index (χ4n) is 3.84. The van der Waals surface area contributed by atoms with E-state index in [1.165, 1.54) is 19.3 Å². The molecule has 0 amide bonds. The van der Waals surface area contributed by atoms with Crippen molar-refractivity contribution in [3.05, 3.63) is 36.2 Å². The van der Waals surface area contributed by atoms with E-state index in [9.17, 15) is 0 Å². The van der Waals surface area contributed by atoms with Crippen LogP contribution >= 0.6 is 0 Å². The van der Waals surface area contributed by atoms with E-state index in [1.54, 1.807) is 6.26 Å². The smallest absolute Gasteiger partial charge is 0.124 e. The Morgan fingerprint density at radius 1 is 1.41 bits per heavy atom. The number of hydrogen-bond acceptors (Lipinski definition) is 5. The van der Waals surface area contributed by atoms with E-state index in [4.69, 9.17) is 4.52 Å². The lowest BCUT2D eigenvalue weighted by Gasteiger charge is -2.29. The molecule has 1 atom stereocenters. The van der Waals surface area contributed by atoms with E-state index < -0.39 is 0 Å². The van der Waals surface area contributed by atoms with E-state index in [2.05, 4.69) is 32.0 Å². The molecule has 6 heteroatoms. The van der Waals surface area contributed by atoms with Gasteiger partial charge < -0.3 is 14.4 Å². The minimum atomic E-state index is 0.514. The minimum Gasteiger partial charge on any atom is -0.364 e. The fourth-order valence-corrected chi connectivity index (χ4v) is 3.84. The zero-order valence-corrected chi connectivity index (χ0v) is 13.0. The average molecular weight is 301 g/mol. The Labute approximate surface area is 130 Å². The normalized spacial score (nSPS) is 23.3. The van der Waals surface area contributed by atoms with Crippen molar-refractivity contribution in [2.75, 3.05) is 13.1 Å². The second-order valence-electron chi connectivity index (χ2n) is 6.68. The van der Waals surface area contributed by atoms with Crippen molar-refractivity contribution in [2.45, 2.75) is 38.4 Å². The maximum atomic E-state index is 5.00. The quantitative estimate of drug-likeness (QED) is 0.908. The molecule has 1 saturated carbocycles. The lowest BCUT2D eigenvalue weighted by atomic mass is 9.93. The van der Waals surface area contributed by atoms with Crippen LogP contribution in [0.15, 0.2) is 29.2 Å². The van der Waals surface area contributed by atoms with Gasteiger partial charge in [-0.3, -0.25) is 4.90 Å². The van der Waals surface area contributed by atoms with Gasteiger partial charge in [0.15, 0.2) is 0 Å². The zero-order valence-electron chi connectivity index (χ0n) is 13.0. The Balaban J connectivity index is 1.52. The second-order valence-corrected chi connectivity index (χ2v) is 6.68. The molecule has 1 saturated heterocycles. The summed E-state index contributed by atoms with van der Waals surface area (Å²) in [6.07, 6.45) is 9.41. The van der Waals surface area contributed by atoms with Gasteiger partial charge in [0.25, 0.3) is 0 Å². The van der Waals surface area contributed by atoms with Crippen molar-refractivity contribution < 1.29 is 4.52 Å². The Kier molecular flexibility index (Phi) is 3.50. The van der Waals surface area contributed by atoms with Crippen LogP contribution in [0.3, 0.4) is 0 Å². The molecule has 22 heavy (non-hydrogen) atoms. The van der Waals surface area contributed by atoms with E-state index in [1.807, 2.05) is 18.5 Å². The van der Waals surface area contributed by atoms with Gasteiger partial charge in [0.2, 0.25) is 0 Å². The molecule has 0 bridgehead atoms. The molecule has 6 nitrogen and oxygen atoms in total. The van der Waals surface area contributed by atoms with Crippen LogP contribution in [0.25, 0.3) is 0 Å². The Hall–Kier alpha value is -1.66. The Morgan fingerprint density at radius 2 is 2.27 bits per heavy atom. The van der Waals surface area contributed by atoms with Gasteiger partial charge in [0, 0.05) is 38.1 Å². The monoisotopic (exact) mass is 301 g/mol. The summed E-state index contributed by atoms with van der Waals surface area (Å²) in [4.78, 5) is 7.03. The van der Waals surface area contributed by atoms with Crippen molar-refractivity contribution in [3.63, 3.8) is 0 Å². The van der Waals surface area contributed by atoms with Crippen LogP contribution in [0.4, 0.5) is 0 Å². The number of aromatic nitrogens is 3. The molecule has 118 valence electrons. The third kappa shape index (κ3) is 2.57. The summed E-state index contributed by atoms with van der Waals surface area (Å²) >= 11 is 0. The predicted molar refractivity (Wildman–Crippen MR) is 81.9 cm³/mol. The van der Waals surface area contributed by atoms with Gasteiger partial charge in [-0.2, -0.15) is 0 Å². The van der Waals surface area contributed by atoms with Crippen molar-refractivity contribution in [1.29, 1.82) is 0 Å². The van der Waals surface area contributed by atoms with Crippen LogP contribution in [0.1, 0.15) is 30.8 Å². The number of imidazole rings is 1. The first-order valence-electron chi connectivity index (χ1n) is 8.07. The molecule has 2 aromatic rings. The van der Waals surface area contributed by atoms with E-state index in [-0.39, 0.29) is 0 Å². The van der Waals surface area contributed by atoms with E-state index >= 15 is 0 Å². The van der Waals surface area contributed by atoms with Crippen LogP contribution in [0, 0.1) is 5.41 Å². The minimum absolute atomic E-state index is 0.514. The zero-order chi connectivity index (χ0) is 15.0. The van der Waals surface area contributed by atoms with Crippen molar-refractivity contribution >= 4 is 0 Å². The third-order valence-corrected chi connectivity index (χ3v) is 5.31. The molecule has 4 rings (SSSR count). The standard InChI is InChI=1S/C16H23N5O/c1-20-8-7-18-15(20)12-21(11-13-2-9-22-19-13)14-10-16(14)3-5-17-6-4-16/h2,7-9,14,17H,3-6,10-12H2,1H3. The largest absolute Gasteiger partial charge is 0.364 e. The van der Waals surface area contributed by atoms with Crippen molar-refractivity contribution in [3.8, 4) is 0 Å². The summed E-state index contributed by atoms with van der Waals surface area (Å²) in [5, 5.41) is 7.57. The molecular formula is C16H23N5O. The number of nitrogens with one attached hydrogen (secondary N) is 1. The highest BCUT2D eigenvalue weighted by molar-refractivity contribution is 5.12. The summed E-state index contributed by atoms with van der Waals surface area (Å²) < 4.78 is 7.11. The molecule has 0 radical (unpaired) electrons. The van der Waals surface area contributed by atoms with Gasteiger partial charge in [-0.05, 0) is 37.8 Å².